The Labute approximate surface area is 121 Å². The molecule has 3 rings (SSSR count). The summed E-state index contributed by atoms with van der Waals surface area (Å²) in [6, 6.07) is 8.59. The van der Waals surface area contributed by atoms with Crippen LogP contribution in [0.2, 0.25) is 0 Å². The Morgan fingerprint density at radius 2 is 2.00 bits per heavy atom. The Hall–Kier alpha value is -2.14. The van der Waals surface area contributed by atoms with Gasteiger partial charge in [-0.1, -0.05) is 6.07 Å². The fourth-order valence-electron chi connectivity index (χ4n) is 2.56. The normalized spacial score (nSPS) is 20.6. The first kappa shape index (κ1) is 13.8. The topological polar surface area (TPSA) is 44.5 Å². The lowest BCUT2D eigenvalue weighted by atomic mass is 9.93. The van der Waals surface area contributed by atoms with Crippen LogP contribution in [0.15, 0.2) is 36.4 Å². The lowest BCUT2D eigenvalue weighted by Crippen LogP contribution is -2.24. The smallest absolute Gasteiger partial charge is 0.165 e. The van der Waals surface area contributed by atoms with Crippen LogP contribution in [0.4, 0.5) is 8.78 Å². The highest BCUT2D eigenvalue weighted by molar-refractivity contribution is 5.40. The van der Waals surface area contributed by atoms with Crippen LogP contribution in [0.25, 0.3) is 0 Å². The van der Waals surface area contributed by atoms with Crippen molar-refractivity contribution in [1.82, 2.24) is 0 Å². The number of methoxy groups -OCH3 is 1. The van der Waals surface area contributed by atoms with E-state index in [0.29, 0.717) is 23.3 Å². The maximum Gasteiger partial charge on any atom is 0.165 e. The summed E-state index contributed by atoms with van der Waals surface area (Å²) >= 11 is 0. The first-order valence-electron chi connectivity index (χ1n) is 6.63. The second-order valence-corrected chi connectivity index (χ2v) is 5.02. The maximum atomic E-state index is 13.8. The summed E-state index contributed by atoms with van der Waals surface area (Å²) in [5.41, 5.74) is 7.39. The minimum absolute atomic E-state index is 0.182. The third-order valence-electron chi connectivity index (χ3n) is 3.66. The van der Waals surface area contributed by atoms with Crippen molar-refractivity contribution in [2.45, 2.75) is 18.6 Å². The van der Waals surface area contributed by atoms with E-state index in [4.69, 9.17) is 15.2 Å². The molecule has 0 aliphatic carbocycles. The van der Waals surface area contributed by atoms with Gasteiger partial charge in [0.2, 0.25) is 0 Å². The number of ether oxygens (including phenoxy) is 2. The van der Waals surface area contributed by atoms with Gasteiger partial charge in [0.05, 0.1) is 7.11 Å². The first-order valence-corrected chi connectivity index (χ1v) is 6.63. The zero-order valence-corrected chi connectivity index (χ0v) is 11.5. The third-order valence-corrected chi connectivity index (χ3v) is 3.66. The number of hydrogen-bond acceptors (Lipinski definition) is 3. The van der Waals surface area contributed by atoms with Gasteiger partial charge in [0.25, 0.3) is 0 Å². The Kier molecular flexibility index (Phi) is 3.51. The van der Waals surface area contributed by atoms with Crippen molar-refractivity contribution in [3.05, 3.63) is 59.2 Å². The quantitative estimate of drug-likeness (QED) is 0.921. The molecule has 0 bridgehead atoms. The van der Waals surface area contributed by atoms with E-state index in [1.807, 2.05) is 0 Å². The van der Waals surface area contributed by atoms with Gasteiger partial charge >= 0.3 is 0 Å². The highest BCUT2D eigenvalue weighted by atomic mass is 19.1. The van der Waals surface area contributed by atoms with E-state index in [1.54, 1.807) is 18.2 Å². The predicted octanol–water partition coefficient (Wildman–Crippen LogP) is 3.50. The SMILES string of the molecule is COc1ccc(C2C[C@@H](N)c3cc(F)ccc3O2)cc1F. The predicted molar refractivity (Wildman–Crippen MR) is 74.3 cm³/mol. The van der Waals surface area contributed by atoms with E-state index in [2.05, 4.69) is 0 Å². The molecule has 0 amide bonds. The van der Waals surface area contributed by atoms with E-state index in [-0.39, 0.29) is 23.7 Å². The minimum Gasteiger partial charge on any atom is -0.494 e. The molecule has 1 unspecified atom stereocenters. The van der Waals surface area contributed by atoms with Gasteiger partial charge in [-0.2, -0.15) is 0 Å². The van der Waals surface area contributed by atoms with Crippen LogP contribution < -0.4 is 15.2 Å². The highest BCUT2D eigenvalue weighted by Crippen LogP contribution is 2.40. The van der Waals surface area contributed by atoms with Crippen LogP contribution in [0.1, 0.15) is 29.7 Å². The number of benzene rings is 2. The second-order valence-electron chi connectivity index (χ2n) is 5.02. The zero-order valence-electron chi connectivity index (χ0n) is 11.5. The standard InChI is InChI=1S/C16H15F2NO2/c1-20-15-4-2-9(6-12(15)18)16-8-13(19)11-7-10(17)3-5-14(11)21-16/h2-7,13,16H,8,19H2,1H3/t13-,16?/m1/s1. The van der Waals surface area contributed by atoms with E-state index >= 15 is 0 Å². The fraction of sp³-hybridized carbons (Fsp3) is 0.250. The summed E-state index contributed by atoms with van der Waals surface area (Å²) in [6.45, 7) is 0. The van der Waals surface area contributed by atoms with Crippen molar-refractivity contribution in [3.63, 3.8) is 0 Å². The van der Waals surface area contributed by atoms with E-state index in [0.717, 1.165) is 0 Å². The molecule has 0 saturated carbocycles. The number of hydrogen-bond donors (Lipinski definition) is 1. The summed E-state index contributed by atoms with van der Waals surface area (Å²) in [6.07, 6.45) is 0.0979. The van der Waals surface area contributed by atoms with Crippen LogP contribution in [0.3, 0.4) is 0 Å². The third kappa shape index (κ3) is 2.56. The van der Waals surface area contributed by atoms with Gasteiger partial charge in [0.15, 0.2) is 11.6 Å². The van der Waals surface area contributed by atoms with Gasteiger partial charge in [0.1, 0.15) is 17.7 Å². The molecule has 21 heavy (non-hydrogen) atoms. The highest BCUT2D eigenvalue weighted by Gasteiger charge is 2.28. The van der Waals surface area contributed by atoms with Crippen LogP contribution in [-0.2, 0) is 0 Å². The van der Waals surface area contributed by atoms with E-state index in [9.17, 15) is 8.78 Å². The summed E-state index contributed by atoms with van der Waals surface area (Å²) in [5.74, 6) is -0.0727. The molecular formula is C16H15F2NO2. The Bertz CT molecular complexity index is 675. The van der Waals surface area contributed by atoms with Gasteiger partial charge in [-0.3, -0.25) is 0 Å². The zero-order chi connectivity index (χ0) is 15.0. The Morgan fingerprint density at radius 1 is 1.19 bits per heavy atom. The number of fused-ring (bicyclic) bond motifs is 1. The maximum absolute atomic E-state index is 13.8. The number of nitrogens with two attached hydrogens (primary N) is 1. The molecule has 0 saturated heterocycles. The molecule has 2 aromatic rings. The van der Waals surface area contributed by atoms with Gasteiger partial charge < -0.3 is 15.2 Å². The van der Waals surface area contributed by atoms with Crippen molar-refractivity contribution in [3.8, 4) is 11.5 Å². The van der Waals surface area contributed by atoms with Crippen LogP contribution in [-0.4, -0.2) is 7.11 Å². The average Bonchev–Trinajstić information content (AvgIpc) is 2.47. The van der Waals surface area contributed by atoms with Gasteiger partial charge in [-0.15, -0.1) is 0 Å². The molecule has 2 atom stereocenters. The average molecular weight is 291 g/mol. The van der Waals surface area contributed by atoms with E-state index < -0.39 is 5.82 Å². The molecule has 3 nitrogen and oxygen atoms in total. The number of halogens is 2. The molecule has 0 radical (unpaired) electrons. The molecule has 1 aliphatic heterocycles. The summed E-state index contributed by atoms with van der Waals surface area (Å²) in [7, 11) is 1.41. The summed E-state index contributed by atoms with van der Waals surface area (Å²) in [5, 5.41) is 0. The molecular weight excluding hydrogens is 276 g/mol. The number of rotatable bonds is 2. The fourth-order valence-corrected chi connectivity index (χ4v) is 2.56. The second kappa shape index (κ2) is 5.33. The lowest BCUT2D eigenvalue weighted by Gasteiger charge is -2.30. The van der Waals surface area contributed by atoms with Crippen molar-refractivity contribution in [2.24, 2.45) is 5.73 Å². The van der Waals surface area contributed by atoms with Crippen LogP contribution in [0.5, 0.6) is 11.5 Å². The van der Waals surface area contributed by atoms with Gasteiger partial charge in [-0.05, 0) is 35.9 Å². The molecule has 2 N–H and O–H groups in total. The van der Waals surface area contributed by atoms with Gasteiger partial charge in [0, 0.05) is 18.0 Å². The summed E-state index contributed by atoms with van der Waals surface area (Å²) in [4.78, 5) is 0. The van der Waals surface area contributed by atoms with Crippen molar-refractivity contribution in [2.75, 3.05) is 7.11 Å². The first-order chi connectivity index (χ1) is 10.1. The molecule has 1 heterocycles. The van der Waals surface area contributed by atoms with Crippen molar-refractivity contribution < 1.29 is 18.3 Å². The molecule has 110 valence electrons. The van der Waals surface area contributed by atoms with Crippen LogP contribution >= 0.6 is 0 Å². The lowest BCUT2D eigenvalue weighted by molar-refractivity contribution is 0.160. The van der Waals surface area contributed by atoms with Crippen LogP contribution in [0, 0.1) is 11.6 Å². The monoisotopic (exact) mass is 291 g/mol. The van der Waals surface area contributed by atoms with Gasteiger partial charge in [-0.25, -0.2) is 8.78 Å². The Balaban J connectivity index is 1.92. The summed E-state index contributed by atoms with van der Waals surface area (Å²) < 4.78 is 37.8. The largest absolute Gasteiger partial charge is 0.494 e. The molecule has 0 spiro atoms. The van der Waals surface area contributed by atoms with Crippen molar-refractivity contribution in [1.29, 1.82) is 0 Å². The molecule has 0 fully saturated rings. The van der Waals surface area contributed by atoms with E-state index in [1.165, 1.54) is 25.3 Å². The minimum atomic E-state index is -0.447. The molecule has 2 aromatic carbocycles. The molecule has 1 aliphatic rings. The molecule has 0 aromatic heterocycles. The molecule has 5 heteroatoms. The van der Waals surface area contributed by atoms with Crippen molar-refractivity contribution >= 4 is 0 Å². The Morgan fingerprint density at radius 3 is 2.71 bits per heavy atom.